The van der Waals surface area contributed by atoms with E-state index in [1.165, 1.54) is 0 Å². The standard InChI is InChI=1S/C11H22N4O2/c1-8(10(12)14-17)11(16)13-7-9-3-5-15(2)6-4-9/h8-9,17H,3-7H2,1-2H3,(H2,12,14)(H,13,16). The predicted octanol–water partition coefficient (Wildman–Crippen LogP) is -0.173. The van der Waals surface area contributed by atoms with Crippen molar-refractivity contribution in [2.75, 3.05) is 26.7 Å². The van der Waals surface area contributed by atoms with Crippen LogP contribution in [0.5, 0.6) is 0 Å². The normalized spacial score (nSPS) is 21.2. The molecule has 1 unspecified atom stereocenters. The Morgan fingerprint density at radius 1 is 1.59 bits per heavy atom. The van der Waals surface area contributed by atoms with Crippen LogP contribution < -0.4 is 11.1 Å². The molecule has 17 heavy (non-hydrogen) atoms. The van der Waals surface area contributed by atoms with Crippen molar-refractivity contribution in [1.29, 1.82) is 0 Å². The van der Waals surface area contributed by atoms with Crippen molar-refractivity contribution in [1.82, 2.24) is 10.2 Å². The Morgan fingerprint density at radius 3 is 2.71 bits per heavy atom. The summed E-state index contributed by atoms with van der Waals surface area (Å²) in [5.74, 6) is -0.272. The molecule has 0 radical (unpaired) electrons. The van der Waals surface area contributed by atoms with E-state index in [2.05, 4.69) is 22.4 Å². The lowest BCUT2D eigenvalue weighted by atomic mass is 9.97. The largest absolute Gasteiger partial charge is 0.409 e. The average molecular weight is 242 g/mol. The van der Waals surface area contributed by atoms with Gasteiger partial charge >= 0.3 is 0 Å². The summed E-state index contributed by atoms with van der Waals surface area (Å²) in [6.45, 7) is 4.46. The number of likely N-dealkylation sites (tertiary alicyclic amines) is 1. The van der Waals surface area contributed by atoms with Crippen molar-refractivity contribution in [3.63, 3.8) is 0 Å². The molecule has 1 saturated heterocycles. The number of hydrogen-bond donors (Lipinski definition) is 3. The molecule has 6 nitrogen and oxygen atoms in total. The van der Waals surface area contributed by atoms with E-state index in [4.69, 9.17) is 10.9 Å². The fraction of sp³-hybridized carbons (Fsp3) is 0.818. The van der Waals surface area contributed by atoms with Crippen molar-refractivity contribution in [3.05, 3.63) is 0 Å². The first-order valence-corrected chi connectivity index (χ1v) is 5.98. The second kappa shape index (κ2) is 6.44. The third-order valence-electron chi connectivity index (χ3n) is 3.36. The topological polar surface area (TPSA) is 91.0 Å². The molecule has 0 aromatic heterocycles. The number of piperidine rings is 1. The van der Waals surface area contributed by atoms with Crippen LogP contribution in [0, 0.1) is 11.8 Å². The van der Waals surface area contributed by atoms with Gasteiger partial charge in [0, 0.05) is 6.54 Å². The highest BCUT2D eigenvalue weighted by molar-refractivity contribution is 6.01. The predicted molar refractivity (Wildman–Crippen MR) is 65.8 cm³/mol. The Balaban J connectivity index is 2.28. The van der Waals surface area contributed by atoms with Gasteiger partial charge < -0.3 is 21.2 Å². The first-order chi connectivity index (χ1) is 8.04. The second-order valence-corrected chi connectivity index (χ2v) is 4.74. The molecule has 1 aliphatic rings. The number of rotatable bonds is 4. The summed E-state index contributed by atoms with van der Waals surface area (Å²) in [6.07, 6.45) is 2.21. The quantitative estimate of drug-likeness (QED) is 0.276. The molecule has 1 atom stereocenters. The summed E-state index contributed by atoms with van der Waals surface area (Å²) in [7, 11) is 2.11. The minimum absolute atomic E-state index is 0.0501. The number of hydrogen-bond acceptors (Lipinski definition) is 4. The summed E-state index contributed by atoms with van der Waals surface area (Å²) >= 11 is 0. The molecule has 4 N–H and O–H groups in total. The molecule has 1 heterocycles. The second-order valence-electron chi connectivity index (χ2n) is 4.74. The van der Waals surface area contributed by atoms with Gasteiger partial charge in [0.2, 0.25) is 5.91 Å². The number of nitrogens with two attached hydrogens (primary N) is 1. The fourth-order valence-corrected chi connectivity index (χ4v) is 1.89. The van der Waals surface area contributed by atoms with E-state index in [1.807, 2.05) is 0 Å². The molecule has 0 aromatic rings. The van der Waals surface area contributed by atoms with Gasteiger partial charge in [-0.15, -0.1) is 0 Å². The van der Waals surface area contributed by atoms with Crippen molar-refractivity contribution < 1.29 is 10.0 Å². The SMILES string of the molecule is CC(C(=O)NCC1CCN(C)CC1)C(N)=NO. The van der Waals surface area contributed by atoms with Crippen LogP contribution in [-0.2, 0) is 4.79 Å². The molecule has 0 aliphatic carbocycles. The number of carbonyl (C=O) groups is 1. The molecule has 98 valence electrons. The van der Waals surface area contributed by atoms with Gasteiger partial charge in [0.1, 0.15) is 0 Å². The first-order valence-electron chi connectivity index (χ1n) is 5.98. The van der Waals surface area contributed by atoms with Crippen LogP contribution in [-0.4, -0.2) is 48.5 Å². The van der Waals surface area contributed by atoms with E-state index >= 15 is 0 Å². The van der Waals surface area contributed by atoms with Gasteiger partial charge in [-0.05, 0) is 45.8 Å². The van der Waals surface area contributed by atoms with E-state index in [-0.39, 0.29) is 11.7 Å². The maximum atomic E-state index is 11.7. The van der Waals surface area contributed by atoms with Gasteiger partial charge in [0.05, 0.1) is 5.92 Å². The number of amides is 1. The fourth-order valence-electron chi connectivity index (χ4n) is 1.89. The van der Waals surface area contributed by atoms with Crippen LogP contribution in [0.3, 0.4) is 0 Å². The highest BCUT2D eigenvalue weighted by Crippen LogP contribution is 2.14. The highest BCUT2D eigenvalue weighted by Gasteiger charge is 2.20. The molecular formula is C11H22N4O2. The minimum Gasteiger partial charge on any atom is -0.409 e. The van der Waals surface area contributed by atoms with Crippen molar-refractivity contribution in [2.24, 2.45) is 22.7 Å². The van der Waals surface area contributed by atoms with E-state index < -0.39 is 5.92 Å². The van der Waals surface area contributed by atoms with Gasteiger partial charge in [-0.2, -0.15) is 0 Å². The summed E-state index contributed by atoms with van der Waals surface area (Å²) < 4.78 is 0. The molecule has 1 aliphatic heterocycles. The third-order valence-corrected chi connectivity index (χ3v) is 3.36. The molecule has 0 aromatic carbocycles. The molecule has 0 spiro atoms. The highest BCUT2D eigenvalue weighted by atomic mass is 16.4. The number of nitrogens with zero attached hydrogens (tertiary/aromatic N) is 2. The van der Waals surface area contributed by atoms with Crippen LogP contribution in [0.25, 0.3) is 0 Å². The monoisotopic (exact) mass is 242 g/mol. The zero-order valence-electron chi connectivity index (χ0n) is 10.5. The number of nitrogens with one attached hydrogen (secondary N) is 1. The van der Waals surface area contributed by atoms with Gasteiger partial charge in [-0.3, -0.25) is 4.79 Å². The number of amidine groups is 1. The van der Waals surface area contributed by atoms with Gasteiger partial charge in [0.25, 0.3) is 0 Å². The average Bonchev–Trinajstić information content (AvgIpc) is 2.35. The van der Waals surface area contributed by atoms with E-state index in [9.17, 15) is 4.79 Å². The zero-order valence-corrected chi connectivity index (χ0v) is 10.5. The van der Waals surface area contributed by atoms with Crippen LogP contribution in [0.1, 0.15) is 19.8 Å². The third kappa shape index (κ3) is 4.22. The molecule has 0 bridgehead atoms. The lowest BCUT2D eigenvalue weighted by Crippen LogP contribution is -2.41. The van der Waals surface area contributed by atoms with Crippen LogP contribution >= 0.6 is 0 Å². The van der Waals surface area contributed by atoms with E-state index in [0.29, 0.717) is 12.5 Å². The Kier molecular flexibility index (Phi) is 5.21. The Morgan fingerprint density at radius 2 is 2.18 bits per heavy atom. The smallest absolute Gasteiger partial charge is 0.230 e. The van der Waals surface area contributed by atoms with E-state index in [1.54, 1.807) is 6.92 Å². The Hall–Kier alpha value is -1.30. The van der Waals surface area contributed by atoms with Crippen molar-refractivity contribution in [2.45, 2.75) is 19.8 Å². The van der Waals surface area contributed by atoms with E-state index in [0.717, 1.165) is 25.9 Å². The number of oxime groups is 1. The maximum Gasteiger partial charge on any atom is 0.230 e. The van der Waals surface area contributed by atoms with Crippen LogP contribution in [0.2, 0.25) is 0 Å². The van der Waals surface area contributed by atoms with Crippen molar-refractivity contribution >= 4 is 11.7 Å². The van der Waals surface area contributed by atoms with Gasteiger partial charge in [-0.1, -0.05) is 5.16 Å². The van der Waals surface area contributed by atoms with Gasteiger partial charge in [0.15, 0.2) is 5.84 Å². The zero-order chi connectivity index (χ0) is 12.8. The molecule has 1 amide bonds. The van der Waals surface area contributed by atoms with Crippen molar-refractivity contribution in [3.8, 4) is 0 Å². The summed E-state index contributed by atoms with van der Waals surface area (Å²) in [6, 6.07) is 0. The summed E-state index contributed by atoms with van der Waals surface area (Å²) in [4.78, 5) is 13.9. The molecule has 1 rings (SSSR count). The van der Waals surface area contributed by atoms with Gasteiger partial charge in [-0.25, -0.2) is 0 Å². The molecular weight excluding hydrogens is 220 g/mol. The molecule has 6 heteroatoms. The lowest BCUT2D eigenvalue weighted by Gasteiger charge is -2.29. The molecule has 1 fully saturated rings. The molecule has 0 saturated carbocycles. The number of carbonyl (C=O) groups excluding carboxylic acids is 1. The summed E-state index contributed by atoms with van der Waals surface area (Å²) in [5.41, 5.74) is 5.38. The minimum atomic E-state index is -0.578. The lowest BCUT2D eigenvalue weighted by molar-refractivity contribution is -0.122. The first kappa shape index (κ1) is 13.8. The summed E-state index contributed by atoms with van der Waals surface area (Å²) in [5, 5.41) is 14.2. The Labute approximate surface area is 102 Å². The maximum absolute atomic E-state index is 11.7. The Bertz CT molecular complexity index is 285. The van der Waals surface area contributed by atoms with Crippen LogP contribution in [0.4, 0.5) is 0 Å². The van der Waals surface area contributed by atoms with Crippen LogP contribution in [0.15, 0.2) is 5.16 Å².